The number of pyridine rings is 1. The zero-order valence-electron chi connectivity index (χ0n) is 19.9. The van der Waals surface area contributed by atoms with Gasteiger partial charge >= 0.3 is 12.1 Å². The highest BCUT2D eigenvalue weighted by Crippen LogP contribution is 2.49. The maximum Gasteiger partial charge on any atom is 0.409 e. The lowest BCUT2D eigenvalue weighted by Gasteiger charge is -2.46. The maximum atomic E-state index is 13.0. The molecule has 2 fully saturated rings. The highest BCUT2D eigenvalue weighted by Gasteiger charge is 2.59. The standard InChI is InChI=1S/C28H25BrN2O6/c29-25-23(10-5-11-30-25)28(36-13-24(32)33)14-27(37-17-28)15-31(16-27)26(34)35-12-22-20-8-3-1-6-18(20)19-7-2-4-9-21(19)22/h1-11,22H,12-17H2,(H,32,33). The van der Waals surface area contributed by atoms with E-state index in [-0.39, 0.29) is 25.2 Å². The van der Waals surface area contributed by atoms with Crippen molar-refractivity contribution < 1.29 is 28.9 Å². The summed E-state index contributed by atoms with van der Waals surface area (Å²) in [4.78, 5) is 30.1. The molecule has 0 bridgehead atoms. The van der Waals surface area contributed by atoms with E-state index in [9.17, 15) is 14.7 Å². The largest absolute Gasteiger partial charge is 0.480 e. The number of fused-ring (bicyclic) bond motifs is 3. The number of nitrogens with zero attached hydrogens (tertiary/aromatic N) is 2. The molecular formula is C28H25BrN2O6. The van der Waals surface area contributed by atoms with Crippen molar-refractivity contribution >= 4 is 28.0 Å². The summed E-state index contributed by atoms with van der Waals surface area (Å²) in [5.74, 6) is -1.07. The molecule has 2 aliphatic heterocycles. The Morgan fingerprint density at radius 2 is 1.73 bits per heavy atom. The third kappa shape index (κ3) is 4.21. The first-order chi connectivity index (χ1) is 17.9. The first kappa shape index (κ1) is 24.1. The molecule has 3 heterocycles. The number of carbonyl (C=O) groups is 2. The number of ether oxygens (including phenoxy) is 3. The van der Waals surface area contributed by atoms with Crippen molar-refractivity contribution in [2.45, 2.75) is 23.5 Å². The van der Waals surface area contributed by atoms with E-state index in [1.807, 2.05) is 30.3 Å². The van der Waals surface area contributed by atoms with E-state index >= 15 is 0 Å². The van der Waals surface area contributed by atoms with Crippen LogP contribution in [0.4, 0.5) is 4.79 Å². The van der Waals surface area contributed by atoms with Crippen molar-refractivity contribution in [1.82, 2.24) is 9.88 Å². The minimum atomic E-state index is -1.06. The Hall–Kier alpha value is -3.27. The highest BCUT2D eigenvalue weighted by molar-refractivity contribution is 9.10. The third-order valence-corrected chi connectivity index (χ3v) is 8.13. The van der Waals surface area contributed by atoms with Crippen molar-refractivity contribution in [2.75, 3.05) is 32.9 Å². The van der Waals surface area contributed by atoms with Crippen LogP contribution in [0.2, 0.25) is 0 Å². The van der Waals surface area contributed by atoms with E-state index in [2.05, 4.69) is 45.2 Å². The molecule has 8 nitrogen and oxygen atoms in total. The van der Waals surface area contributed by atoms with Gasteiger partial charge in [-0.3, -0.25) is 0 Å². The van der Waals surface area contributed by atoms with Crippen LogP contribution in [0, 0.1) is 0 Å². The zero-order valence-corrected chi connectivity index (χ0v) is 21.5. The van der Waals surface area contributed by atoms with Gasteiger partial charge in [-0.25, -0.2) is 14.6 Å². The number of carboxylic acids is 1. The van der Waals surface area contributed by atoms with Gasteiger partial charge in [-0.05, 0) is 44.3 Å². The average Bonchev–Trinajstić information content (AvgIpc) is 3.43. The van der Waals surface area contributed by atoms with Crippen LogP contribution in [0.5, 0.6) is 0 Å². The fourth-order valence-electron chi connectivity index (χ4n) is 5.83. The van der Waals surface area contributed by atoms with Crippen molar-refractivity contribution in [3.8, 4) is 11.1 Å². The molecule has 190 valence electrons. The Balaban J connectivity index is 1.12. The number of hydrogen-bond donors (Lipinski definition) is 1. The predicted octanol–water partition coefficient (Wildman–Crippen LogP) is 4.56. The van der Waals surface area contributed by atoms with Crippen molar-refractivity contribution in [1.29, 1.82) is 0 Å². The molecule has 6 rings (SSSR count). The monoisotopic (exact) mass is 564 g/mol. The van der Waals surface area contributed by atoms with Gasteiger partial charge in [0.2, 0.25) is 0 Å². The SMILES string of the molecule is O=C(O)COC1(c2cccnc2Br)COC2(CN(C(=O)OCC3c4ccccc4-c4ccccc43)C2)C1. The van der Waals surface area contributed by atoms with Crippen LogP contribution >= 0.6 is 15.9 Å². The lowest BCUT2D eigenvalue weighted by molar-refractivity contribution is -0.150. The first-order valence-corrected chi connectivity index (χ1v) is 12.9. The van der Waals surface area contributed by atoms with Crippen molar-refractivity contribution in [3.05, 3.63) is 88.2 Å². The number of hydrogen-bond acceptors (Lipinski definition) is 6. The van der Waals surface area contributed by atoms with Gasteiger partial charge in [-0.1, -0.05) is 54.6 Å². The van der Waals surface area contributed by atoms with Gasteiger partial charge in [0.1, 0.15) is 29.0 Å². The van der Waals surface area contributed by atoms with Crippen LogP contribution < -0.4 is 0 Å². The molecule has 1 amide bonds. The Morgan fingerprint density at radius 1 is 1.05 bits per heavy atom. The molecule has 3 aromatic rings. The molecule has 0 saturated carbocycles. The lowest BCUT2D eigenvalue weighted by atomic mass is 9.82. The topological polar surface area (TPSA) is 98.2 Å². The van der Waals surface area contributed by atoms with E-state index < -0.39 is 23.8 Å². The van der Waals surface area contributed by atoms with Gasteiger partial charge in [0, 0.05) is 24.1 Å². The zero-order chi connectivity index (χ0) is 25.6. The second kappa shape index (κ2) is 9.24. The number of amides is 1. The Kier molecular flexibility index (Phi) is 6.01. The molecular weight excluding hydrogens is 540 g/mol. The molecule has 0 radical (unpaired) electrons. The molecule has 1 aliphatic carbocycles. The van der Waals surface area contributed by atoms with Crippen molar-refractivity contribution in [3.63, 3.8) is 0 Å². The fourth-order valence-corrected chi connectivity index (χ4v) is 6.44. The summed E-state index contributed by atoms with van der Waals surface area (Å²) >= 11 is 3.46. The summed E-state index contributed by atoms with van der Waals surface area (Å²) in [5, 5.41) is 9.23. The molecule has 3 aliphatic rings. The number of halogens is 1. The van der Waals surface area contributed by atoms with E-state index in [4.69, 9.17) is 14.2 Å². The van der Waals surface area contributed by atoms with E-state index in [0.29, 0.717) is 24.1 Å². The van der Waals surface area contributed by atoms with E-state index in [1.165, 1.54) is 11.1 Å². The highest BCUT2D eigenvalue weighted by atomic mass is 79.9. The van der Waals surface area contributed by atoms with Crippen LogP contribution in [-0.2, 0) is 24.6 Å². The van der Waals surface area contributed by atoms with Gasteiger partial charge in [0.05, 0.1) is 19.7 Å². The normalized spacial score (nSPS) is 21.4. The summed E-state index contributed by atoms with van der Waals surface area (Å²) < 4.78 is 18.4. The molecule has 1 N–H and O–H groups in total. The summed E-state index contributed by atoms with van der Waals surface area (Å²) in [7, 11) is 0. The molecule has 1 atom stereocenters. The summed E-state index contributed by atoms with van der Waals surface area (Å²) in [6.45, 7) is 0.658. The number of carbonyl (C=O) groups excluding carboxylic acids is 1. The van der Waals surface area contributed by atoms with Crippen molar-refractivity contribution in [2.24, 2.45) is 0 Å². The van der Waals surface area contributed by atoms with Crippen LogP contribution in [-0.4, -0.2) is 65.6 Å². The van der Waals surface area contributed by atoms with Gasteiger partial charge in [-0.2, -0.15) is 0 Å². The second-order valence-electron chi connectivity index (χ2n) is 9.83. The third-order valence-electron chi connectivity index (χ3n) is 7.49. The number of rotatable bonds is 6. The molecule has 1 spiro atoms. The summed E-state index contributed by atoms with van der Waals surface area (Å²) in [5.41, 5.74) is 3.82. The lowest BCUT2D eigenvalue weighted by Crippen LogP contribution is -2.63. The number of carboxylic acid groups (broad SMARTS) is 1. The Bertz CT molecular complexity index is 1330. The van der Waals surface area contributed by atoms with Crippen LogP contribution in [0.15, 0.2) is 71.5 Å². The molecule has 2 saturated heterocycles. The predicted molar refractivity (Wildman–Crippen MR) is 137 cm³/mol. The summed E-state index contributed by atoms with van der Waals surface area (Å²) in [6, 6.07) is 20.1. The number of likely N-dealkylation sites (tertiary alicyclic amines) is 1. The maximum absolute atomic E-state index is 13.0. The second-order valence-corrected chi connectivity index (χ2v) is 10.6. The van der Waals surface area contributed by atoms with Crippen LogP contribution in [0.3, 0.4) is 0 Å². The molecule has 1 unspecified atom stereocenters. The molecule has 9 heteroatoms. The van der Waals surface area contributed by atoms with Crippen LogP contribution in [0.1, 0.15) is 29.0 Å². The van der Waals surface area contributed by atoms with Gasteiger partial charge in [-0.15, -0.1) is 0 Å². The molecule has 2 aromatic carbocycles. The quantitative estimate of drug-likeness (QED) is 0.438. The van der Waals surface area contributed by atoms with E-state index in [1.54, 1.807) is 17.2 Å². The van der Waals surface area contributed by atoms with Gasteiger partial charge in [0.15, 0.2) is 0 Å². The van der Waals surface area contributed by atoms with Gasteiger partial charge in [0.25, 0.3) is 0 Å². The average molecular weight is 565 g/mol. The number of benzene rings is 2. The molecule has 1 aromatic heterocycles. The first-order valence-electron chi connectivity index (χ1n) is 12.1. The Labute approximate surface area is 222 Å². The minimum Gasteiger partial charge on any atom is -0.480 e. The van der Waals surface area contributed by atoms with Gasteiger partial charge < -0.3 is 24.2 Å². The number of aliphatic carboxylic acids is 1. The fraction of sp³-hybridized carbons (Fsp3) is 0.321. The minimum absolute atomic E-state index is 0.00526. The molecule has 37 heavy (non-hydrogen) atoms. The smallest absolute Gasteiger partial charge is 0.409 e. The van der Waals surface area contributed by atoms with E-state index in [0.717, 1.165) is 16.7 Å². The Morgan fingerprint density at radius 3 is 2.38 bits per heavy atom. The number of aromatic nitrogens is 1. The van der Waals surface area contributed by atoms with Crippen LogP contribution in [0.25, 0.3) is 11.1 Å². The summed E-state index contributed by atoms with van der Waals surface area (Å²) in [6.07, 6.45) is 1.67.